The Hall–Kier alpha value is -1.86. The molecule has 0 aliphatic rings. The van der Waals surface area contributed by atoms with Crippen LogP contribution in [-0.4, -0.2) is 14.5 Å². The van der Waals surface area contributed by atoms with Crippen molar-refractivity contribution in [2.75, 3.05) is 5.73 Å². The number of nitrogens with two attached hydrogens (primary N) is 1. The van der Waals surface area contributed by atoms with E-state index in [4.69, 9.17) is 10.2 Å². The van der Waals surface area contributed by atoms with E-state index >= 15 is 0 Å². The molecule has 0 aliphatic carbocycles. The lowest BCUT2D eigenvalue weighted by atomic mass is 10.2. The van der Waals surface area contributed by atoms with E-state index in [1.54, 1.807) is 19.1 Å². The molecular formula is C14H17FN2O3S. The van der Waals surface area contributed by atoms with Crippen LogP contribution in [0, 0.1) is 12.7 Å². The van der Waals surface area contributed by atoms with Crippen LogP contribution in [0.15, 0.2) is 39.8 Å². The summed E-state index contributed by atoms with van der Waals surface area (Å²) in [5.41, 5.74) is 5.98. The Balaban J connectivity index is 2.22. The molecule has 5 nitrogen and oxygen atoms in total. The van der Waals surface area contributed by atoms with Gasteiger partial charge in [0.2, 0.25) is 10.0 Å². The van der Waals surface area contributed by atoms with E-state index in [2.05, 4.69) is 4.72 Å². The number of rotatable bonds is 5. The topological polar surface area (TPSA) is 85.3 Å². The Morgan fingerprint density at radius 3 is 2.76 bits per heavy atom. The predicted octanol–water partition coefficient (Wildman–Crippen LogP) is 2.22. The van der Waals surface area contributed by atoms with Gasteiger partial charge < -0.3 is 10.2 Å². The van der Waals surface area contributed by atoms with Crippen LogP contribution in [0.4, 0.5) is 10.1 Å². The molecule has 1 unspecified atom stereocenters. The van der Waals surface area contributed by atoms with Gasteiger partial charge in [-0.05, 0) is 43.7 Å². The number of nitrogen functional groups attached to an aromatic ring is 1. The zero-order valence-corrected chi connectivity index (χ0v) is 12.6. The number of hydrogen-bond donors (Lipinski definition) is 2. The Labute approximate surface area is 123 Å². The van der Waals surface area contributed by atoms with E-state index in [0.717, 1.165) is 6.07 Å². The third-order valence-electron chi connectivity index (χ3n) is 2.98. The number of furan rings is 1. The van der Waals surface area contributed by atoms with E-state index in [1.165, 1.54) is 19.3 Å². The third kappa shape index (κ3) is 3.62. The minimum atomic E-state index is -3.99. The van der Waals surface area contributed by atoms with Gasteiger partial charge in [-0.2, -0.15) is 0 Å². The number of benzene rings is 1. The first-order chi connectivity index (χ1) is 9.79. The number of nitrogens with one attached hydrogen (secondary N) is 1. The van der Waals surface area contributed by atoms with Crippen molar-refractivity contribution in [3.05, 3.63) is 47.7 Å². The lowest BCUT2D eigenvalue weighted by molar-refractivity contribution is 0.477. The maximum atomic E-state index is 14.0. The molecule has 0 spiro atoms. The maximum absolute atomic E-state index is 14.0. The predicted molar refractivity (Wildman–Crippen MR) is 77.7 cm³/mol. The highest BCUT2D eigenvalue weighted by Gasteiger charge is 2.23. The van der Waals surface area contributed by atoms with Crippen molar-refractivity contribution in [2.24, 2.45) is 0 Å². The Morgan fingerprint density at radius 2 is 2.14 bits per heavy atom. The molecule has 114 valence electrons. The Bertz CT molecular complexity index is 727. The summed E-state index contributed by atoms with van der Waals surface area (Å²) in [6.45, 7) is 3.15. The maximum Gasteiger partial charge on any atom is 0.243 e. The van der Waals surface area contributed by atoms with Crippen molar-refractivity contribution in [1.29, 1.82) is 0 Å². The Morgan fingerprint density at radius 1 is 1.43 bits per heavy atom. The molecule has 3 N–H and O–H groups in total. The summed E-state index contributed by atoms with van der Waals surface area (Å²) in [5.74, 6) is -0.142. The van der Waals surface area contributed by atoms with Crippen LogP contribution in [0.2, 0.25) is 0 Å². The van der Waals surface area contributed by atoms with Crippen molar-refractivity contribution in [3.8, 4) is 0 Å². The number of sulfonamides is 1. The highest BCUT2D eigenvalue weighted by Crippen LogP contribution is 2.22. The number of aryl methyl sites for hydroxylation is 1. The van der Waals surface area contributed by atoms with Gasteiger partial charge in [0.25, 0.3) is 0 Å². The molecule has 21 heavy (non-hydrogen) atoms. The minimum absolute atomic E-state index is 0.189. The zero-order chi connectivity index (χ0) is 15.6. The molecule has 7 heteroatoms. The second-order valence-corrected chi connectivity index (χ2v) is 6.64. The minimum Gasteiger partial charge on any atom is -0.469 e. The molecular weight excluding hydrogens is 295 g/mol. The first-order valence-corrected chi connectivity index (χ1v) is 7.88. The van der Waals surface area contributed by atoms with Gasteiger partial charge >= 0.3 is 0 Å². The van der Waals surface area contributed by atoms with Crippen molar-refractivity contribution < 1.29 is 17.2 Å². The van der Waals surface area contributed by atoms with Crippen molar-refractivity contribution in [2.45, 2.75) is 31.2 Å². The van der Waals surface area contributed by atoms with Gasteiger partial charge in [0, 0.05) is 18.2 Å². The molecule has 2 rings (SSSR count). The smallest absolute Gasteiger partial charge is 0.243 e. The second kappa shape index (κ2) is 5.87. The fraction of sp³-hybridized carbons (Fsp3) is 0.286. The van der Waals surface area contributed by atoms with Crippen LogP contribution in [0.25, 0.3) is 0 Å². The fourth-order valence-corrected chi connectivity index (χ4v) is 3.49. The van der Waals surface area contributed by atoms with Crippen molar-refractivity contribution >= 4 is 15.7 Å². The molecule has 1 atom stereocenters. The van der Waals surface area contributed by atoms with Crippen LogP contribution < -0.4 is 10.5 Å². The van der Waals surface area contributed by atoms with E-state index in [0.29, 0.717) is 12.2 Å². The summed E-state index contributed by atoms with van der Waals surface area (Å²) < 4.78 is 46.1. The van der Waals surface area contributed by atoms with Crippen LogP contribution in [0.1, 0.15) is 18.2 Å². The molecule has 0 radical (unpaired) electrons. The van der Waals surface area contributed by atoms with Gasteiger partial charge in [0.1, 0.15) is 16.5 Å². The standard InChI is InChI=1S/C14H17FN2O3S/c1-9-6-11(16)8-13(14(9)15)21(18,19)17-10(2)7-12-4-3-5-20-12/h3-6,8,10,17H,7,16H2,1-2H3. The molecule has 0 saturated carbocycles. The average Bonchev–Trinajstić information content (AvgIpc) is 2.85. The van der Waals surface area contributed by atoms with Gasteiger partial charge in [0.05, 0.1) is 6.26 Å². The number of halogens is 1. The highest BCUT2D eigenvalue weighted by molar-refractivity contribution is 7.89. The summed E-state index contributed by atoms with van der Waals surface area (Å²) in [4.78, 5) is -0.439. The molecule has 1 aromatic carbocycles. The Kier molecular flexibility index (Phi) is 4.34. The van der Waals surface area contributed by atoms with E-state index in [-0.39, 0.29) is 11.3 Å². The van der Waals surface area contributed by atoms with E-state index < -0.39 is 26.8 Å². The zero-order valence-electron chi connectivity index (χ0n) is 11.8. The monoisotopic (exact) mass is 312 g/mol. The fourth-order valence-electron chi connectivity index (χ4n) is 2.06. The van der Waals surface area contributed by atoms with Gasteiger partial charge in [0.15, 0.2) is 0 Å². The summed E-state index contributed by atoms with van der Waals surface area (Å²) in [5, 5.41) is 0. The van der Waals surface area contributed by atoms with Crippen LogP contribution in [0.5, 0.6) is 0 Å². The lowest BCUT2D eigenvalue weighted by Gasteiger charge is -2.14. The third-order valence-corrected chi connectivity index (χ3v) is 4.57. The SMILES string of the molecule is Cc1cc(N)cc(S(=O)(=O)NC(C)Cc2ccco2)c1F. The molecule has 2 aromatic rings. The van der Waals surface area contributed by atoms with Crippen molar-refractivity contribution in [3.63, 3.8) is 0 Å². The summed E-state index contributed by atoms with van der Waals surface area (Å²) in [6, 6.07) is 5.53. The first kappa shape index (κ1) is 15.5. The number of anilines is 1. The van der Waals surface area contributed by atoms with E-state index in [9.17, 15) is 12.8 Å². The lowest BCUT2D eigenvalue weighted by Crippen LogP contribution is -2.34. The van der Waals surface area contributed by atoms with Crippen LogP contribution in [-0.2, 0) is 16.4 Å². The molecule has 0 fully saturated rings. The van der Waals surface area contributed by atoms with Gasteiger partial charge in [-0.15, -0.1) is 0 Å². The molecule has 1 aromatic heterocycles. The highest BCUT2D eigenvalue weighted by atomic mass is 32.2. The largest absolute Gasteiger partial charge is 0.469 e. The quantitative estimate of drug-likeness (QED) is 0.829. The second-order valence-electron chi connectivity index (χ2n) is 4.96. The van der Waals surface area contributed by atoms with E-state index in [1.807, 2.05) is 0 Å². The van der Waals surface area contributed by atoms with Gasteiger partial charge in [-0.3, -0.25) is 0 Å². The van der Waals surface area contributed by atoms with Gasteiger partial charge in [-0.1, -0.05) is 0 Å². The van der Waals surface area contributed by atoms with Gasteiger partial charge in [-0.25, -0.2) is 17.5 Å². The normalized spacial score (nSPS) is 13.3. The molecule has 0 amide bonds. The summed E-state index contributed by atoms with van der Waals surface area (Å²) >= 11 is 0. The van der Waals surface area contributed by atoms with Crippen LogP contribution >= 0.6 is 0 Å². The van der Waals surface area contributed by atoms with Crippen molar-refractivity contribution in [1.82, 2.24) is 4.72 Å². The first-order valence-electron chi connectivity index (χ1n) is 6.40. The summed E-state index contributed by atoms with van der Waals surface area (Å²) in [7, 11) is -3.99. The molecule has 0 bridgehead atoms. The van der Waals surface area contributed by atoms with Crippen LogP contribution in [0.3, 0.4) is 0 Å². The summed E-state index contributed by atoms with van der Waals surface area (Å²) in [6.07, 6.45) is 1.88. The molecule has 0 aliphatic heterocycles. The average molecular weight is 312 g/mol. The molecule has 1 heterocycles. The number of hydrogen-bond acceptors (Lipinski definition) is 4. The molecule has 0 saturated heterocycles.